The summed E-state index contributed by atoms with van der Waals surface area (Å²) in [5.74, 6) is 0.0550. The first-order chi connectivity index (χ1) is 13.8. The number of alkyl halides is 3. The molecule has 1 aliphatic rings. The van der Waals surface area contributed by atoms with Crippen LogP contribution in [0.25, 0.3) is 0 Å². The minimum Gasteiger partial charge on any atom is -0.468 e. The van der Waals surface area contributed by atoms with E-state index in [1.165, 1.54) is 6.20 Å². The van der Waals surface area contributed by atoms with Gasteiger partial charge in [-0.1, -0.05) is 6.07 Å². The molecule has 170 valence electrons. The van der Waals surface area contributed by atoms with Gasteiger partial charge in [-0.2, -0.15) is 13.2 Å². The van der Waals surface area contributed by atoms with E-state index < -0.39 is 12.8 Å². The molecule has 11 heteroatoms. The number of hydrogen-bond acceptors (Lipinski definition) is 5. The number of guanidine groups is 1. The number of aromatic nitrogens is 1. The zero-order chi connectivity index (χ0) is 21.3. The third-order valence-corrected chi connectivity index (χ3v) is 4.30. The zero-order valence-corrected chi connectivity index (χ0v) is 19.4. The highest BCUT2D eigenvalue weighted by atomic mass is 127. The summed E-state index contributed by atoms with van der Waals surface area (Å²) in [6, 6.07) is 3.25. The molecule has 0 aliphatic carbocycles. The van der Waals surface area contributed by atoms with E-state index in [2.05, 4.69) is 15.3 Å². The number of carbonyl (C=O) groups excluding carboxylic acids is 1. The maximum atomic E-state index is 12.5. The molecule has 1 aromatic heterocycles. The smallest absolute Gasteiger partial charge is 0.422 e. The van der Waals surface area contributed by atoms with Crippen molar-refractivity contribution in [2.45, 2.75) is 39.4 Å². The predicted octanol–water partition coefficient (Wildman–Crippen LogP) is 3.38. The number of piperidine rings is 1. The monoisotopic (exact) mass is 544 g/mol. The highest BCUT2D eigenvalue weighted by molar-refractivity contribution is 14.0. The van der Waals surface area contributed by atoms with Gasteiger partial charge >= 0.3 is 12.1 Å². The van der Waals surface area contributed by atoms with E-state index in [9.17, 15) is 18.0 Å². The molecule has 1 atom stereocenters. The lowest BCUT2D eigenvalue weighted by molar-refractivity contribution is -0.154. The number of hydrogen-bond donors (Lipinski definition) is 1. The maximum Gasteiger partial charge on any atom is 0.422 e. The summed E-state index contributed by atoms with van der Waals surface area (Å²) >= 11 is 0. The Hall–Kier alpha value is -1.79. The van der Waals surface area contributed by atoms with Gasteiger partial charge in [-0.05, 0) is 32.8 Å². The fourth-order valence-electron chi connectivity index (χ4n) is 3.03. The van der Waals surface area contributed by atoms with E-state index in [-0.39, 0.29) is 48.3 Å². The molecule has 30 heavy (non-hydrogen) atoms. The van der Waals surface area contributed by atoms with E-state index in [0.29, 0.717) is 31.2 Å². The highest BCUT2D eigenvalue weighted by Gasteiger charge is 2.30. The molecule has 0 saturated carbocycles. The number of esters is 1. The van der Waals surface area contributed by atoms with Gasteiger partial charge in [0.15, 0.2) is 12.6 Å². The first-order valence-corrected chi connectivity index (χ1v) is 9.67. The highest BCUT2D eigenvalue weighted by Crippen LogP contribution is 2.21. The fraction of sp³-hybridized carbons (Fsp3) is 0.632. The van der Waals surface area contributed by atoms with Crippen LogP contribution in [-0.2, 0) is 16.1 Å². The second-order valence-electron chi connectivity index (χ2n) is 6.58. The molecule has 1 fully saturated rings. The van der Waals surface area contributed by atoms with Gasteiger partial charge in [0.2, 0.25) is 5.88 Å². The molecule has 1 N–H and O–H groups in total. The van der Waals surface area contributed by atoms with Gasteiger partial charge in [0, 0.05) is 31.4 Å². The van der Waals surface area contributed by atoms with Crippen molar-refractivity contribution in [3.63, 3.8) is 0 Å². The van der Waals surface area contributed by atoms with Gasteiger partial charge in [-0.25, -0.2) is 9.98 Å². The van der Waals surface area contributed by atoms with Crippen molar-refractivity contribution in [2.75, 3.05) is 32.8 Å². The number of likely N-dealkylation sites (tertiary alicyclic amines) is 1. The largest absolute Gasteiger partial charge is 0.468 e. The summed E-state index contributed by atoms with van der Waals surface area (Å²) in [5, 5.41) is 3.17. The van der Waals surface area contributed by atoms with E-state index >= 15 is 0 Å². The molecule has 0 amide bonds. The van der Waals surface area contributed by atoms with Gasteiger partial charge in [0.05, 0.1) is 19.1 Å². The van der Waals surface area contributed by atoms with Crippen molar-refractivity contribution < 1.29 is 27.4 Å². The first kappa shape index (κ1) is 26.2. The van der Waals surface area contributed by atoms with Crippen LogP contribution in [0.2, 0.25) is 0 Å². The molecule has 0 radical (unpaired) electrons. The number of nitrogens with one attached hydrogen (secondary N) is 1. The number of pyridine rings is 1. The third-order valence-electron chi connectivity index (χ3n) is 4.30. The van der Waals surface area contributed by atoms with Gasteiger partial charge in [-0.15, -0.1) is 24.0 Å². The molecule has 2 heterocycles. The minimum atomic E-state index is -4.44. The maximum absolute atomic E-state index is 12.5. The summed E-state index contributed by atoms with van der Waals surface area (Å²) in [4.78, 5) is 22.5. The van der Waals surface area contributed by atoms with E-state index in [4.69, 9.17) is 9.47 Å². The van der Waals surface area contributed by atoms with Crippen molar-refractivity contribution >= 4 is 35.9 Å². The molecule has 1 unspecified atom stereocenters. The van der Waals surface area contributed by atoms with Crippen LogP contribution in [0.4, 0.5) is 13.2 Å². The minimum absolute atomic E-state index is 0. The lowest BCUT2D eigenvalue weighted by Crippen LogP contribution is -2.48. The standard InChI is InChI=1S/C19H27F3N4O3.HI/c1-3-23-18(26-10-6-8-15(12-26)17(27)28-4-2)25-11-14-7-5-9-24-16(14)29-13-19(20,21)22;/h5,7,9,15H,3-4,6,8,10-13H2,1-2H3,(H,23,25);1H. The van der Waals surface area contributed by atoms with Crippen LogP contribution in [0.3, 0.4) is 0 Å². The van der Waals surface area contributed by atoms with E-state index in [1.807, 2.05) is 11.8 Å². The van der Waals surface area contributed by atoms with Crippen molar-refractivity contribution in [3.05, 3.63) is 23.9 Å². The quantitative estimate of drug-likeness (QED) is 0.246. The molecule has 0 bridgehead atoms. The second-order valence-corrected chi connectivity index (χ2v) is 6.58. The predicted molar refractivity (Wildman–Crippen MR) is 117 cm³/mol. The van der Waals surface area contributed by atoms with Crippen molar-refractivity contribution in [2.24, 2.45) is 10.9 Å². The molecule has 2 rings (SSSR count). The number of rotatable bonds is 7. The lowest BCUT2D eigenvalue weighted by atomic mass is 9.98. The van der Waals surface area contributed by atoms with Crippen LogP contribution in [0, 0.1) is 5.92 Å². The number of aliphatic imine (C=N–C) groups is 1. The topological polar surface area (TPSA) is 76.1 Å². The Morgan fingerprint density at radius 3 is 2.83 bits per heavy atom. The average Bonchev–Trinajstić information content (AvgIpc) is 2.70. The second kappa shape index (κ2) is 12.8. The van der Waals surface area contributed by atoms with Gasteiger partial charge in [0.25, 0.3) is 0 Å². The molecule has 1 saturated heterocycles. The van der Waals surface area contributed by atoms with Crippen LogP contribution in [0.15, 0.2) is 23.3 Å². The Bertz CT molecular complexity index is 704. The number of halogens is 4. The SMILES string of the molecule is CCNC(=NCc1cccnc1OCC(F)(F)F)N1CCCC(C(=O)OCC)C1.I. The Labute approximate surface area is 191 Å². The van der Waals surface area contributed by atoms with Crippen LogP contribution >= 0.6 is 24.0 Å². The summed E-state index contributed by atoms with van der Waals surface area (Å²) < 4.78 is 47.3. The first-order valence-electron chi connectivity index (χ1n) is 9.67. The zero-order valence-electron chi connectivity index (χ0n) is 17.1. The van der Waals surface area contributed by atoms with Crippen LogP contribution in [-0.4, -0.2) is 60.8 Å². The Kier molecular flexibility index (Phi) is 11.2. The van der Waals surface area contributed by atoms with Crippen LogP contribution in [0.1, 0.15) is 32.3 Å². The fourth-order valence-corrected chi connectivity index (χ4v) is 3.03. The molecular formula is C19H28F3IN4O3. The van der Waals surface area contributed by atoms with Crippen LogP contribution < -0.4 is 10.1 Å². The Balaban J connectivity index is 0.00000450. The Morgan fingerprint density at radius 1 is 1.40 bits per heavy atom. The molecule has 1 aliphatic heterocycles. The average molecular weight is 544 g/mol. The van der Waals surface area contributed by atoms with Crippen LogP contribution in [0.5, 0.6) is 5.88 Å². The van der Waals surface area contributed by atoms with Crippen molar-refractivity contribution in [1.29, 1.82) is 0 Å². The number of carbonyl (C=O) groups is 1. The number of nitrogens with zero attached hydrogens (tertiary/aromatic N) is 3. The van der Waals surface area contributed by atoms with Gasteiger partial charge in [0.1, 0.15) is 0 Å². The van der Waals surface area contributed by atoms with E-state index in [1.54, 1.807) is 19.1 Å². The molecule has 0 spiro atoms. The van der Waals surface area contributed by atoms with Crippen molar-refractivity contribution in [3.8, 4) is 5.88 Å². The summed E-state index contributed by atoms with van der Waals surface area (Å²) in [6.07, 6.45) is -1.49. The summed E-state index contributed by atoms with van der Waals surface area (Å²) in [7, 11) is 0. The lowest BCUT2D eigenvalue weighted by Gasteiger charge is -2.34. The molecule has 7 nitrogen and oxygen atoms in total. The molecule has 0 aromatic carbocycles. The van der Waals surface area contributed by atoms with Crippen molar-refractivity contribution in [1.82, 2.24) is 15.2 Å². The normalized spacial score (nSPS) is 17.2. The third kappa shape index (κ3) is 8.52. The molecular weight excluding hydrogens is 516 g/mol. The molecule has 1 aromatic rings. The summed E-state index contributed by atoms with van der Waals surface area (Å²) in [5.41, 5.74) is 0.450. The summed E-state index contributed by atoms with van der Waals surface area (Å²) in [6.45, 7) is 4.55. The van der Waals surface area contributed by atoms with Gasteiger partial charge < -0.3 is 19.7 Å². The Morgan fingerprint density at radius 2 is 2.17 bits per heavy atom. The van der Waals surface area contributed by atoms with Gasteiger partial charge in [-0.3, -0.25) is 4.79 Å². The number of ether oxygens (including phenoxy) is 2. The van der Waals surface area contributed by atoms with E-state index in [0.717, 1.165) is 19.4 Å².